The smallest absolute Gasteiger partial charge is 0.101 e. The van der Waals surface area contributed by atoms with E-state index in [2.05, 4.69) is 5.48 Å². The second-order valence-corrected chi connectivity index (χ2v) is 2.34. The second-order valence-electron chi connectivity index (χ2n) is 2.34. The van der Waals surface area contributed by atoms with Gasteiger partial charge in [0.2, 0.25) is 0 Å². The van der Waals surface area contributed by atoms with Gasteiger partial charge in [0, 0.05) is 5.56 Å². The summed E-state index contributed by atoms with van der Waals surface area (Å²) in [6, 6.07) is 1.82. The molecule has 0 fully saturated rings. The second kappa shape index (κ2) is 2.86. The van der Waals surface area contributed by atoms with Crippen LogP contribution in [0.2, 0.25) is 0 Å². The first-order valence-corrected chi connectivity index (χ1v) is 3.18. The maximum Gasteiger partial charge on any atom is 0.101 e. The molecular formula is C7H11NO2. The molecule has 1 atom stereocenters. The molecule has 1 unspecified atom stereocenters. The van der Waals surface area contributed by atoms with Crippen LogP contribution < -0.4 is 5.48 Å². The predicted octanol–water partition coefficient (Wildman–Crippen LogP) is 1.63. The van der Waals surface area contributed by atoms with Gasteiger partial charge in [-0.15, -0.1) is 0 Å². The minimum absolute atomic E-state index is 0.0579. The zero-order chi connectivity index (χ0) is 7.56. The first-order valence-electron chi connectivity index (χ1n) is 3.18. The van der Waals surface area contributed by atoms with Gasteiger partial charge >= 0.3 is 0 Å². The van der Waals surface area contributed by atoms with Crippen molar-refractivity contribution in [2.24, 2.45) is 0 Å². The summed E-state index contributed by atoms with van der Waals surface area (Å²) in [4.78, 5) is 0. The van der Waals surface area contributed by atoms with Crippen LogP contribution in [0.4, 0.5) is 0 Å². The van der Waals surface area contributed by atoms with Crippen LogP contribution in [0, 0.1) is 6.92 Å². The van der Waals surface area contributed by atoms with E-state index in [0.717, 1.165) is 11.3 Å². The van der Waals surface area contributed by atoms with Crippen molar-refractivity contribution >= 4 is 0 Å². The van der Waals surface area contributed by atoms with Crippen LogP contribution in [0.3, 0.4) is 0 Å². The number of hydrogen-bond acceptors (Lipinski definition) is 3. The maximum absolute atomic E-state index is 8.51. The van der Waals surface area contributed by atoms with E-state index in [1.54, 1.807) is 6.26 Å². The Bertz CT molecular complexity index is 207. The quantitative estimate of drug-likeness (QED) is 0.615. The number of rotatable bonds is 2. The van der Waals surface area contributed by atoms with Gasteiger partial charge in [-0.2, -0.15) is 5.48 Å². The molecule has 0 aliphatic rings. The molecule has 10 heavy (non-hydrogen) atoms. The zero-order valence-corrected chi connectivity index (χ0v) is 6.09. The molecule has 56 valence electrons. The molecule has 0 aliphatic carbocycles. The summed E-state index contributed by atoms with van der Waals surface area (Å²) < 4.78 is 5.04. The van der Waals surface area contributed by atoms with Gasteiger partial charge in [0.1, 0.15) is 5.76 Å². The van der Waals surface area contributed by atoms with E-state index in [4.69, 9.17) is 9.62 Å². The maximum atomic E-state index is 8.51. The molecule has 3 nitrogen and oxygen atoms in total. The number of hydroxylamine groups is 1. The van der Waals surface area contributed by atoms with Crippen molar-refractivity contribution in [2.75, 3.05) is 0 Å². The fourth-order valence-electron chi connectivity index (χ4n) is 0.765. The highest BCUT2D eigenvalue weighted by Crippen LogP contribution is 2.14. The highest BCUT2D eigenvalue weighted by atomic mass is 16.5. The van der Waals surface area contributed by atoms with Gasteiger partial charge in [-0.1, -0.05) is 0 Å². The number of nitrogens with one attached hydrogen (secondary N) is 1. The summed E-state index contributed by atoms with van der Waals surface area (Å²) in [5.41, 5.74) is 3.09. The van der Waals surface area contributed by atoms with Gasteiger partial charge in [-0.3, -0.25) is 0 Å². The molecule has 0 aliphatic heterocycles. The third kappa shape index (κ3) is 1.37. The van der Waals surface area contributed by atoms with Crippen molar-refractivity contribution in [1.29, 1.82) is 0 Å². The third-order valence-electron chi connectivity index (χ3n) is 1.44. The van der Waals surface area contributed by atoms with Crippen molar-refractivity contribution in [3.8, 4) is 0 Å². The Labute approximate surface area is 59.6 Å². The Morgan fingerprint density at radius 3 is 2.80 bits per heavy atom. The van der Waals surface area contributed by atoms with Crippen LogP contribution in [0.5, 0.6) is 0 Å². The molecule has 0 bridgehead atoms. The molecule has 0 spiro atoms. The highest BCUT2D eigenvalue weighted by Gasteiger charge is 2.04. The number of furan rings is 1. The molecule has 1 aromatic heterocycles. The minimum Gasteiger partial charge on any atom is -0.469 e. The van der Waals surface area contributed by atoms with Gasteiger partial charge in [0.15, 0.2) is 0 Å². The van der Waals surface area contributed by atoms with Crippen molar-refractivity contribution in [1.82, 2.24) is 5.48 Å². The van der Waals surface area contributed by atoms with Crippen molar-refractivity contribution in [3.63, 3.8) is 0 Å². The van der Waals surface area contributed by atoms with Crippen LogP contribution in [0.1, 0.15) is 24.3 Å². The van der Waals surface area contributed by atoms with Gasteiger partial charge < -0.3 is 9.62 Å². The van der Waals surface area contributed by atoms with Crippen LogP contribution >= 0.6 is 0 Å². The van der Waals surface area contributed by atoms with E-state index in [-0.39, 0.29) is 6.04 Å². The topological polar surface area (TPSA) is 45.4 Å². The fourth-order valence-corrected chi connectivity index (χ4v) is 0.765. The Hall–Kier alpha value is -0.800. The van der Waals surface area contributed by atoms with Crippen molar-refractivity contribution in [2.45, 2.75) is 19.9 Å². The lowest BCUT2D eigenvalue weighted by Crippen LogP contribution is -2.11. The van der Waals surface area contributed by atoms with Crippen LogP contribution in [-0.2, 0) is 0 Å². The van der Waals surface area contributed by atoms with Gasteiger partial charge in [0.05, 0.1) is 12.3 Å². The lowest BCUT2D eigenvalue weighted by Gasteiger charge is -2.03. The Balaban J connectivity index is 2.74. The third-order valence-corrected chi connectivity index (χ3v) is 1.44. The zero-order valence-electron chi connectivity index (χ0n) is 6.09. The van der Waals surface area contributed by atoms with Crippen LogP contribution in [0.25, 0.3) is 0 Å². The summed E-state index contributed by atoms with van der Waals surface area (Å²) in [5.74, 6) is 0.858. The first kappa shape index (κ1) is 7.31. The van der Waals surface area contributed by atoms with Gasteiger partial charge in [-0.25, -0.2) is 0 Å². The van der Waals surface area contributed by atoms with Crippen LogP contribution in [-0.4, -0.2) is 5.21 Å². The molecule has 3 heteroatoms. The summed E-state index contributed by atoms with van der Waals surface area (Å²) in [6.07, 6.45) is 1.63. The van der Waals surface area contributed by atoms with Crippen molar-refractivity contribution in [3.05, 3.63) is 23.7 Å². The Kier molecular flexibility index (Phi) is 2.09. The van der Waals surface area contributed by atoms with Gasteiger partial charge in [-0.05, 0) is 19.9 Å². The largest absolute Gasteiger partial charge is 0.469 e. The SMILES string of the molecule is Cc1cc(C(C)NO)co1. The van der Waals surface area contributed by atoms with E-state index < -0.39 is 0 Å². The van der Waals surface area contributed by atoms with E-state index in [9.17, 15) is 0 Å². The monoisotopic (exact) mass is 141 g/mol. The summed E-state index contributed by atoms with van der Waals surface area (Å²) in [7, 11) is 0. The number of hydrogen-bond donors (Lipinski definition) is 2. The summed E-state index contributed by atoms with van der Waals surface area (Å²) in [5, 5.41) is 8.51. The normalized spacial score (nSPS) is 13.5. The molecule has 0 saturated heterocycles. The number of aryl methyl sites for hydroxylation is 1. The molecule has 0 amide bonds. The fraction of sp³-hybridized carbons (Fsp3) is 0.429. The molecule has 2 N–H and O–H groups in total. The summed E-state index contributed by atoms with van der Waals surface area (Å²) >= 11 is 0. The lowest BCUT2D eigenvalue weighted by atomic mass is 10.2. The van der Waals surface area contributed by atoms with E-state index in [1.165, 1.54) is 0 Å². The molecule has 1 heterocycles. The van der Waals surface area contributed by atoms with Crippen molar-refractivity contribution < 1.29 is 9.62 Å². The van der Waals surface area contributed by atoms with E-state index >= 15 is 0 Å². The van der Waals surface area contributed by atoms with E-state index in [1.807, 2.05) is 19.9 Å². The molecule has 0 saturated carbocycles. The molecular weight excluding hydrogens is 130 g/mol. The van der Waals surface area contributed by atoms with Gasteiger partial charge in [0.25, 0.3) is 0 Å². The standard InChI is InChI=1S/C7H11NO2/c1-5-3-7(4-10-5)6(2)8-9/h3-4,6,8-9H,1-2H3. The predicted molar refractivity (Wildman–Crippen MR) is 36.8 cm³/mol. The summed E-state index contributed by atoms with van der Waals surface area (Å²) in [6.45, 7) is 3.72. The lowest BCUT2D eigenvalue weighted by molar-refractivity contribution is 0.133. The Morgan fingerprint density at radius 2 is 2.40 bits per heavy atom. The average Bonchev–Trinajstić information content (AvgIpc) is 2.34. The first-order chi connectivity index (χ1) is 4.74. The van der Waals surface area contributed by atoms with Crippen LogP contribution in [0.15, 0.2) is 16.7 Å². The average molecular weight is 141 g/mol. The molecule has 0 radical (unpaired) electrons. The minimum atomic E-state index is -0.0579. The van der Waals surface area contributed by atoms with E-state index in [0.29, 0.717) is 0 Å². The molecule has 0 aromatic carbocycles. The highest BCUT2D eigenvalue weighted by molar-refractivity contribution is 5.14. The Morgan fingerprint density at radius 1 is 1.70 bits per heavy atom. The molecule has 1 rings (SSSR count). The molecule has 1 aromatic rings.